The predicted octanol–water partition coefficient (Wildman–Crippen LogP) is 2.60. The van der Waals surface area contributed by atoms with E-state index in [9.17, 15) is 4.79 Å². The Morgan fingerprint density at radius 1 is 1.42 bits per heavy atom. The Kier molecular flexibility index (Phi) is 5.49. The molecule has 0 N–H and O–H groups in total. The lowest BCUT2D eigenvalue weighted by molar-refractivity contribution is -0.115. The number of aromatic nitrogens is 4. The zero-order chi connectivity index (χ0) is 16.9. The first-order chi connectivity index (χ1) is 11.6. The van der Waals surface area contributed by atoms with Gasteiger partial charge in [0, 0.05) is 23.6 Å². The Balaban J connectivity index is 1.72. The van der Waals surface area contributed by atoms with Gasteiger partial charge in [0.05, 0.1) is 12.3 Å². The molecule has 0 unspecified atom stereocenters. The molecule has 24 heavy (non-hydrogen) atoms. The normalized spacial score (nSPS) is 11.8. The monoisotopic (exact) mass is 379 g/mol. The largest absolute Gasteiger partial charge is 0.319 e. The minimum Gasteiger partial charge on any atom is -0.319 e. The fourth-order valence-electron chi connectivity index (χ4n) is 1.99. The van der Waals surface area contributed by atoms with Gasteiger partial charge in [-0.2, -0.15) is 4.99 Å². The van der Waals surface area contributed by atoms with Crippen molar-refractivity contribution in [1.82, 2.24) is 19.3 Å². The molecule has 1 aromatic carbocycles. The molecule has 0 aliphatic rings. The molecule has 0 atom stereocenters. The van der Waals surface area contributed by atoms with Crippen LogP contribution < -0.4 is 4.80 Å². The number of amides is 1. The third-order valence-electron chi connectivity index (χ3n) is 3.17. The van der Waals surface area contributed by atoms with Gasteiger partial charge in [-0.15, -0.1) is 21.5 Å². The van der Waals surface area contributed by atoms with Crippen molar-refractivity contribution in [2.24, 2.45) is 12.0 Å². The summed E-state index contributed by atoms with van der Waals surface area (Å²) in [6, 6.07) is 7.64. The van der Waals surface area contributed by atoms with E-state index in [4.69, 9.17) is 11.6 Å². The SMILES string of the molecule is Cn1cnnc1SCC(=O)N=c1sccn1Cc1ccccc1Cl. The van der Waals surface area contributed by atoms with Crippen molar-refractivity contribution in [2.45, 2.75) is 11.7 Å². The summed E-state index contributed by atoms with van der Waals surface area (Å²) < 4.78 is 3.68. The smallest absolute Gasteiger partial charge is 0.258 e. The molecule has 2 heterocycles. The number of aryl methyl sites for hydroxylation is 1. The van der Waals surface area contributed by atoms with Crippen LogP contribution in [-0.2, 0) is 18.4 Å². The van der Waals surface area contributed by atoms with Crippen molar-refractivity contribution < 1.29 is 4.79 Å². The van der Waals surface area contributed by atoms with Crippen LogP contribution in [0.2, 0.25) is 5.02 Å². The van der Waals surface area contributed by atoms with Crippen LogP contribution in [0, 0.1) is 0 Å². The van der Waals surface area contributed by atoms with Gasteiger partial charge in [0.25, 0.3) is 5.91 Å². The van der Waals surface area contributed by atoms with Crippen LogP contribution in [0.5, 0.6) is 0 Å². The number of thioether (sulfide) groups is 1. The second-order valence-corrected chi connectivity index (χ2v) is 7.15. The molecule has 0 aliphatic heterocycles. The van der Waals surface area contributed by atoms with Crippen LogP contribution in [-0.4, -0.2) is 31.0 Å². The number of rotatable bonds is 5. The molecular weight excluding hydrogens is 366 g/mol. The van der Waals surface area contributed by atoms with E-state index in [0.717, 1.165) is 5.56 Å². The average molecular weight is 380 g/mol. The second kappa shape index (κ2) is 7.78. The van der Waals surface area contributed by atoms with Crippen LogP contribution in [0.25, 0.3) is 0 Å². The second-order valence-electron chi connectivity index (χ2n) is 4.92. The third-order valence-corrected chi connectivity index (χ3v) is 5.36. The number of benzene rings is 1. The van der Waals surface area contributed by atoms with Gasteiger partial charge < -0.3 is 9.13 Å². The molecule has 0 saturated carbocycles. The number of carbonyl (C=O) groups excluding carboxylic acids is 1. The van der Waals surface area contributed by atoms with Gasteiger partial charge in [0.2, 0.25) is 0 Å². The highest BCUT2D eigenvalue weighted by Gasteiger charge is 2.07. The number of hydrogen-bond acceptors (Lipinski definition) is 5. The summed E-state index contributed by atoms with van der Waals surface area (Å²) in [6.07, 6.45) is 3.50. The van der Waals surface area contributed by atoms with Crippen LogP contribution in [0.4, 0.5) is 0 Å². The zero-order valence-corrected chi connectivity index (χ0v) is 15.2. The molecular formula is C15H14ClN5OS2. The maximum Gasteiger partial charge on any atom is 0.258 e. The van der Waals surface area contributed by atoms with E-state index in [0.29, 0.717) is 21.5 Å². The fourth-order valence-corrected chi connectivity index (χ4v) is 3.60. The van der Waals surface area contributed by atoms with Crippen molar-refractivity contribution in [3.8, 4) is 0 Å². The van der Waals surface area contributed by atoms with Gasteiger partial charge in [0.15, 0.2) is 9.96 Å². The first-order valence-electron chi connectivity index (χ1n) is 7.05. The first kappa shape index (κ1) is 16.9. The van der Waals surface area contributed by atoms with Gasteiger partial charge in [-0.05, 0) is 11.6 Å². The predicted molar refractivity (Wildman–Crippen MR) is 95.2 cm³/mol. The molecule has 0 radical (unpaired) electrons. The lowest BCUT2D eigenvalue weighted by Gasteiger charge is -2.05. The van der Waals surface area contributed by atoms with E-state index in [1.54, 1.807) is 10.9 Å². The summed E-state index contributed by atoms with van der Waals surface area (Å²) in [4.78, 5) is 17.0. The van der Waals surface area contributed by atoms with Crippen molar-refractivity contribution >= 4 is 40.6 Å². The van der Waals surface area contributed by atoms with Gasteiger partial charge >= 0.3 is 0 Å². The van der Waals surface area contributed by atoms with Crippen molar-refractivity contribution in [1.29, 1.82) is 0 Å². The molecule has 0 aliphatic carbocycles. The van der Waals surface area contributed by atoms with Gasteiger partial charge in [-0.3, -0.25) is 4.79 Å². The van der Waals surface area contributed by atoms with Crippen LogP contribution in [0.1, 0.15) is 5.56 Å². The summed E-state index contributed by atoms with van der Waals surface area (Å²) in [6.45, 7) is 0.575. The van der Waals surface area contributed by atoms with Crippen LogP contribution >= 0.6 is 34.7 Å². The summed E-state index contributed by atoms with van der Waals surface area (Å²) >= 11 is 8.93. The van der Waals surface area contributed by atoms with Gasteiger partial charge in [-0.25, -0.2) is 0 Å². The molecule has 3 rings (SSSR count). The lowest BCUT2D eigenvalue weighted by atomic mass is 10.2. The molecule has 1 amide bonds. The summed E-state index contributed by atoms with van der Waals surface area (Å²) in [5.74, 6) is 0.00892. The van der Waals surface area contributed by atoms with Crippen LogP contribution in [0.15, 0.2) is 52.3 Å². The minimum atomic E-state index is -0.210. The highest BCUT2D eigenvalue weighted by molar-refractivity contribution is 7.99. The molecule has 0 bridgehead atoms. The zero-order valence-electron chi connectivity index (χ0n) is 12.8. The Labute approximate surface area is 151 Å². The highest BCUT2D eigenvalue weighted by Crippen LogP contribution is 2.16. The van der Waals surface area contributed by atoms with Crippen LogP contribution in [0.3, 0.4) is 0 Å². The number of hydrogen-bond donors (Lipinski definition) is 0. The number of thiazole rings is 1. The highest BCUT2D eigenvalue weighted by atomic mass is 35.5. The standard InChI is InChI=1S/C15H14ClN5OS2/c1-20-10-17-19-15(20)24-9-13(22)18-14-21(6-7-23-14)8-11-4-2-3-5-12(11)16/h2-7,10H,8-9H2,1H3. The number of halogens is 1. The number of carbonyl (C=O) groups is 1. The Bertz CT molecular complexity index is 914. The van der Waals surface area contributed by atoms with E-state index >= 15 is 0 Å². The Hall–Kier alpha value is -1.90. The first-order valence-corrected chi connectivity index (χ1v) is 9.29. The van der Waals surface area contributed by atoms with Gasteiger partial charge in [-0.1, -0.05) is 41.6 Å². The molecule has 3 aromatic rings. The van der Waals surface area contributed by atoms with Crippen molar-refractivity contribution in [2.75, 3.05) is 5.75 Å². The fraction of sp³-hybridized carbons (Fsp3) is 0.200. The molecule has 9 heteroatoms. The quantitative estimate of drug-likeness (QED) is 0.639. The van der Waals surface area contributed by atoms with Crippen molar-refractivity contribution in [3.63, 3.8) is 0 Å². The van der Waals surface area contributed by atoms with Crippen molar-refractivity contribution in [3.05, 3.63) is 57.6 Å². The Morgan fingerprint density at radius 2 is 2.25 bits per heavy atom. The van der Waals surface area contributed by atoms with E-state index in [-0.39, 0.29) is 11.7 Å². The molecule has 0 spiro atoms. The average Bonchev–Trinajstić information content (AvgIpc) is 3.17. The summed E-state index contributed by atoms with van der Waals surface area (Å²) in [5.41, 5.74) is 0.986. The van der Waals surface area contributed by atoms with E-state index < -0.39 is 0 Å². The van der Waals surface area contributed by atoms with E-state index in [1.807, 2.05) is 47.5 Å². The molecule has 6 nitrogen and oxygen atoms in total. The minimum absolute atomic E-state index is 0.210. The summed E-state index contributed by atoms with van der Waals surface area (Å²) in [7, 11) is 1.83. The Morgan fingerprint density at radius 3 is 3.00 bits per heavy atom. The molecule has 124 valence electrons. The van der Waals surface area contributed by atoms with Gasteiger partial charge in [0.1, 0.15) is 6.33 Å². The lowest BCUT2D eigenvalue weighted by Crippen LogP contribution is -2.17. The number of nitrogens with zero attached hydrogens (tertiary/aromatic N) is 5. The maximum atomic E-state index is 12.1. The maximum absolute atomic E-state index is 12.1. The van der Waals surface area contributed by atoms with E-state index in [2.05, 4.69) is 15.2 Å². The molecule has 0 saturated heterocycles. The third kappa shape index (κ3) is 4.14. The molecule has 0 fully saturated rings. The summed E-state index contributed by atoms with van der Waals surface area (Å²) in [5, 5.41) is 11.0. The topological polar surface area (TPSA) is 65.1 Å². The van der Waals surface area contributed by atoms with E-state index in [1.165, 1.54) is 23.1 Å². The molecule has 2 aromatic heterocycles.